The number of likely N-dealkylation sites (N-methyl/N-ethyl adjacent to an activating group) is 1. The number of phosphoric ester groups is 1. The van der Waals surface area contributed by atoms with Crippen LogP contribution in [-0.4, -0.2) is 70.0 Å². The van der Waals surface area contributed by atoms with Gasteiger partial charge in [-0.1, -0.05) is 272 Å². The van der Waals surface area contributed by atoms with Gasteiger partial charge in [0.2, 0.25) is 0 Å². The molecule has 88 heavy (non-hydrogen) atoms. The third-order valence-corrected chi connectivity index (χ3v) is 14.6. The number of nitrogens with zero attached hydrogens (tertiary/aromatic N) is 1. The van der Waals surface area contributed by atoms with Crippen molar-refractivity contribution in [3.63, 3.8) is 0 Å². The Morgan fingerprint density at radius 3 is 0.909 bits per heavy atom. The molecule has 0 spiro atoms. The molecule has 0 N–H and O–H groups in total. The fraction of sp³-hybridized carbons (Fsp3) is 0.564. The third kappa shape index (κ3) is 69.9. The van der Waals surface area contributed by atoms with E-state index in [0.29, 0.717) is 23.9 Å². The highest BCUT2D eigenvalue weighted by Crippen LogP contribution is 2.38. The van der Waals surface area contributed by atoms with Crippen molar-refractivity contribution in [3.8, 4) is 0 Å². The quantitative estimate of drug-likeness (QED) is 0.0195. The van der Waals surface area contributed by atoms with Crippen molar-refractivity contribution in [2.45, 2.75) is 238 Å². The summed E-state index contributed by atoms with van der Waals surface area (Å²) in [4.78, 5) is 38.0. The molecule has 0 aliphatic carbocycles. The fourth-order valence-corrected chi connectivity index (χ4v) is 9.18. The number of quaternary nitrogens is 1. The lowest BCUT2D eigenvalue weighted by molar-refractivity contribution is -0.870. The molecule has 9 nitrogen and oxygen atoms in total. The van der Waals surface area contributed by atoms with E-state index >= 15 is 0 Å². The SMILES string of the molecule is CC/C=C\C/C=C\C/C=C\C/C=C\C/C=C\C/C=C\C/C=C\C/C=C\C/C=C\C/C=C\CCCCCCCCCCC(=O)OC(COC(=O)CCCCCCCC/C=C\C/C=C\C/C=C\C/C=C\C/C=C\C/C=C\CC)COP(=O)([O-])OCC[N+](C)(C)C. The Kier molecular flexibility index (Phi) is 62.4. The Hall–Kier alpha value is -5.15. The summed E-state index contributed by atoms with van der Waals surface area (Å²) in [6.45, 7) is 3.96. The smallest absolute Gasteiger partial charge is 0.306 e. The van der Waals surface area contributed by atoms with Crippen LogP contribution >= 0.6 is 7.82 Å². The molecule has 0 fully saturated rings. The number of ether oxygens (including phenoxy) is 2. The minimum atomic E-state index is -4.66. The second-order valence-electron chi connectivity index (χ2n) is 23.1. The van der Waals surface area contributed by atoms with Crippen molar-refractivity contribution in [1.82, 2.24) is 0 Å². The van der Waals surface area contributed by atoms with Crippen LogP contribution in [0.1, 0.15) is 232 Å². The standard InChI is InChI=1S/C78H124NO8P/c1-6-8-10-12-14-16-18-20-22-24-26-28-30-32-33-34-35-36-37-38-39-40-41-42-43-44-45-47-49-51-53-55-57-59-61-63-65-67-69-71-78(81)87-76(75-86-88(82,83)85-73-72-79(3,4)5)74-84-77(80)70-68-66-64-62-60-58-56-54-52-50-48-46-31-29-27-25-23-21-19-17-15-13-11-9-7-2/h8-11,14-17,20-23,26-29,32-33,35-36,38-39,41-42,44-46,48-49,51-52,54,76H,6-7,12-13,18-19,24-25,30-31,34,37,40,43,47,50,53,55-75H2,1-5H3/b10-8-,11-9-,16-14-,17-15-,22-20-,23-21-,28-26-,29-27-,33-32-,36-35-,39-38-,42-41-,45-44-,48-46-,51-49-,54-52-. The maximum absolute atomic E-state index is 12.9. The molecule has 2 unspecified atom stereocenters. The molecule has 0 saturated carbocycles. The first-order valence-electron chi connectivity index (χ1n) is 34.1. The molecular weight excluding hydrogens is 1110 g/mol. The van der Waals surface area contributed by atoms with Gasteiger partial charge in [0.1, 0.15) is 19.8 Å². The van der Waals surface area contributed by atoms with Crippen LogP contribution in [0.4, 0.5) is 0 Å². The highest BCUT2D eigenvalue weighted by molar-refractivity contribution is 7.45. The molecule has 0 radical (unpaired) electrons. The Labute approximate surface area is 539 Å². The molecule has 2 atom stereocenters. The van der Waals surface area contributed by atoms with E-state index in [4.69, 9.17) is 18.5 Å². The van der Waals surface area contributed by atoms with E-state index < -0.39 is 32.5 Å². The van der Waals surface area contributed by atoms with Gasteiger partial charge in [0, 0.05) is 12.8 Å². The number of phosphoric acid groups is 1. The van der Waals surface area contributed by atoms with E-state index in [9.17, 15) is 19.0 Å². The van der Waals surface area contributed by atoms with E-state index in [0.717, 1.165) is 167 Å². The molecule has 0 aromatic heterocycles. The number of rotatable bonds is 60. The fourth-order valence-electron chi connectivity index (χ4n) is 8.45. The summed E-state index contributed by atoms with van der Waals surface area (Å²) in [5.41, 5.74) is 0. The van der Waals surface area contributed by atoms with Crippen molar-refractivity contribution < 1.29 is 42.1 Å². The second kappa shape index (κ2) is 66.3. The van der Waals surface area contributed by atoms with Gasteiger partial charge in [-0.25, -0.2) is 0 Å². The molecular formula is C78H124NO8P. The summed E-state index contributed by atoms with van der Waals surface area (Å²) in [7, 11) is 1.12. The van der Waals surface area contributed by atoms with Crippen LogP contribution in [0.2, 0.25) is 0 Å². The van der Waals surface area contributed by atoms with E-state index in [1.54, 1.807) is 0 Å². The number of esters is 2. The molecule has 0 aromatic rings. The molecule has 0 bridgehead atoms. The zero-order chi connectivity index (χ0) is 64.1. The summed E-state index contributed by atoms with van der Waals surface area (Å²) in [6, 6.07) is 0. The van der Waals surface area contributed by atoms with E-state index in [-0.39, 0.29) is 26.1 Å². The third-order valence-electron chi connectivity index (χ3n) is 13.6. The van der Waals surface area contributed by atoms with Crippen molar-refractivity contribution in [2.24, 2.45) is 0 Å². The lowest BCUT2D eigenvalue weighted by Crippen LogP contribution is -2.37. The van der Waals surface area contributed by atoms with Crippen LogP contribution in [-0.2, 0) is 32.7 Å². The maximum atomic E-state index is 12.9. The van der Waals surface area contributed by atoms with Crippen LogP contribution in [0.3, 0.4) is 0 Å². The van der Waals surface area contributed by atoms with Gasteiger partial charge in [-0.15, -0.1) is 0 Å². The summed E-state index contributed by atoms with van der Waals surface area (Å²) >= 11 is 0. The molecule has 0 heterocycles. The van der Waals surface area contributed by atoms with Crippen molar-refractivity contribution in [2.75, 3.05) is 47.5 Å². The van der Waals surface area contributed by atoms with Crippen LogP contribution in [0.15, 0.2) is 194 Å². The van der Waals surface area contributed by atoms with Crippen LogP contribution < -0.4 is 4.89 Å². The minimum absolute atomic E-state index is 0.0463. The van der Waals surface area contributed by atoms with Gasteiger partial charge in [0.05, 0.1) is 27.7 Å². The van der Waals surface area contributed by atoms with Gasteiger partial charge in [-0.05, 0) is 141 Å². The highest BCUT2D eigenvalue weighted by Gasteiger charge is 2.22. The molecule has 0 aromatic carbocycles. The summed E-state index contributed by atoms with van der Waals surface area (Å²) in [6.07, 6.45) is 103. The predicted molar refractivity (Wildman–Crippen MR) is 378 cm³/mol. The lowest BCUT2D eigenvalue weighted by Gasteiger charge is -2.28. The van der Waals surface area contributed by atoms with Gasteiger partial charge >= 0.3 is 11.9 Å². The zero-order valence-corrected chi connectivity index (χ0v) is 57.0. The monoisotopic (exact) mass is 1230 g/mol. The zero-order valence-electron chi connectivity index (χ0n) is 56.1. The van der Waals surface area contributed by atoms with Gasteiger partial charge in [0.25, 0.3) is 7.82 Å². The number of carbonyl (C=O) groups excluding carboxylic acids is 2. The normalized spacial score (nSPS) is 14.4. The number of hydrogen-bond acceptors (Lipinski definition) is 8. The van der Waals surface area contributed by atoms with Crippen molar-refractivity contribution >= 4 is 19.8 Å². The number of hydrogen-bond donors (Lipinski definition) is 0. The number of allylic oxidation sites excluding steroid dienone is 32. The van der Waals surface area contributed by atoms with Gasteiger partial charge in [-0.3, -0.25) is 14.2 Å². The summed E-state index contributed by atoms with van der Waals surface area (Å²) in [5.74, 6) is -0.875. The highest BCUT2D eigenvalue weighted by atomic mass is 31.2. The van der Waals surface area contributed by atoms with E-state index in [1.807, 2.05) is 21.1 Å². The Morgan fingerprint density at radius 1 is 0.352 bits per heavy atom. The summed E-state index contributed by atoms with van der Waals surface area (Å²) in [5, 5.41) is 0. The van der Waals surface area contributed by atoms with Gasteiger partial charge < -0.3 is 27.9 Å². The predicted octanol–water partition coefficient (Wildman–Crippen LogP) is 21.9. The molecule has 0 saturated heterocycles. The first kappa shape index (κ1) is 82.8. The first-order valence-corrected chi connectivity index (χ1v) is 35.6. The van der Waals surface area contributed by atoms with E-state index in [2.05, 4.69) is 208 Å². The van der Waals surface area contributed by atoms with Crippen LogP contribution in [0.25, 0.3) is 0 Å². The van der Waals surface area contributed by atoms with Crippen LogP contribution in [0.5, 0.6) is 0 Å². The molecule has 0 aliphatic heterocycles. The lowest BCUT2D eigenvalue weighted by atomic mass is 10.1. The van der Waals surface area contributed by atoms with Gasteiger partial charge in [-0.2, -0.15) is 0 Å². The number of unbranched alkanes of at least 4 members (excludes halogenated alkanes) is 14. The average molecular weight is 1230 g/mol. The Morgan fingerprint density at radius 2 is 0.614 bits per heavy atom. The Balaban J connectivity index is 4.19. The molecule has 494 valence electrons. The average Bonchev–Trinajstić information content (AvgIpc) is 3.68. The topological polar surface area (TPSA) is 111 Å². The maximum Gasteiger partial charge on any atom is 0.306 e. The van der Waals surface area contributed by atoms with Crippen molar-refractivity contribution in [3.05, 3.63) is 194 Å². The molecule has 0 amide bonds. The van der Waals surface area contributed by atoms with Crippen molar-refractivity contribution in [1.29, 1.82) is 0 Å². The Bertz CT molecular complexity index is 2190. The van der Waals surface area contributed by atoms with Gasteiger partial charge in [0.15, 0.2) is 6.10 Å². The first-order chi connectivity index (χ1) is 43.0. The largest absolute Gasteiger partial charge is 0.756 e. The number of carbonyl (C=O) groups is 2. The van der Waals surface area contributed by atoms with Crippen LogP contribution in [0, 0.1) is 0 Å². The van der Waals surface area contributed by atoms with E-state index in [1.165, 1.54) is 25.7 Å². The summed E-state index contributed by atoms with van der Waals surface area (Å²) < 4.78 is 34.2. The molecule has 0 rings (SSSR count). The second-order valence-corrected chi connectivity index (χ2v) is 24.5. The molecule has 0 aliphatic rings. The minimum Gasteiger partial charge on any atom is -0.756 e. The molecule has 10 heteroatoms.